The molecule has 1 fully saturated rings. The molecule has 1 aliphatic rings. The van der Waals surface area contributed by atoms with Gasteiger partial charge < -0.3 is 10.4 Å². The van der Waals surface area contributed by atoms with Gasteiger partial charge in [0, 0.05) is 11.6 Å². The Morgan fingerprint density at radius 3 is 2.85 bits per heavy atom. The molecule has 0 radical (unpaired) electrons. The molecular weight excluding hydrogens is 166 g/mol. The first-order valence-corrected chi connectivity index (χ1v) is 4.35. The summed E-state index contributed by atoms with van der Waals surface area (Å²) >= 11 is 0. The molecule has 1 saturated carbocycles. The van der Waals surface area contributed by atoms with Crippen LogP contribution >= 0.6 is 0 Å². The molecule has 0 bridgehead atoms. The summed E-state index contributed by atoms with van der Waals surface area (Å²) in [7, 11) is 0. The molecule has 2 N–H and O–H groups in total. The second-order valence-electron chi connectivity index (χ2n) is 3.30. The van der Waals surface area contributed by atoms with Gasteiger partial charge in [-0.25, -0.2) is 0 Å². The number of phenolic OH excluding ortho intramolecular Hbond substituents is 1. The third-order valence-corrected chi connectivity index (χ3v) is 2.02. The Morgan fingerprint density at radius 1 is 1.46 bits per heavy atom. The molecule has 0 atom stereocenters. The van der Waals surface area contributed by atoms with E-state index in [9.17, 15) is 4.79 Å². The molecule has 1 aliphatic carbocycles. The highest BCUT2D eigenvalue weighted by Crippen LogP contribution is 2.19. The number of benzene rings is 1. The zero-order chi connectivity index (χ0) is 9.26. The van der Waals surface area contributed by atoms with Crippen molar-refractivity contribution in [2.24, 2.45) is 0 Å². The van der Waals surface area contributed by atoms with Crippen LogP contribution in [0.5, 0.6) is 5.75 Å². The van der Waals surface area contributed by atoms with Crippen molar-refractivity contribution >= 4 is 5.91 Å². The van der Waals surface area contributed by atoms with E-state index in [2.05, 4.69) is 5.32 Å². The second kappa shape index (κ2) is 3.09. The summed E-state index contributed by atoms with van der Waals surface area (Å²) in [5, 5.41) is 12.0. The Kier molecular flexibility index (Phi) is 1.93. The molecule has 68 valence electrons. The van der Waals surface area contributed by atoms with Gasteiger partial charge >= 0.3 is 0 Å². The fourth-order valence-electron chi connectivity index (χ4n) is 1.14. The lowest BCUT2D eigenvalue weighted by molar-refractivity contribution is 0.0950. The lowest BCUT2D eigenvalue weighted by atomic mass is 10.2. The van der Waals surface area contributed by atoms with Gasteiger partial charge in [0.05, 0.1) is 0 Å². The SMILES string of the molecule is O=C(NC1CC1)c1cccc(O)c1. The minimum Gasteiger partial charge on any atom is -0.508 e. The van der Waals surface area contributed by atoms with Crippen LogP contribution in [0.25, 0.3) is 0 Å². The van der Waals surface area contributed by atoms with Gasteiger partial charge in [-0.2, -0.15) is 0 Å². The molecule has 0 saturated heterocycles. The zero-order valence-corrected chi connectivity index (χ0v) is 7.16. The number of nitrogens with one attached hydrogen (secondary N) is 1. The third kappa shape index (κ3) is 1.99. The smallest absolute Gasteiger partial charge is 0.251 e. The number of rotatable bonds is 2. The number of aromatic hydroxyl groups is 1. The van der Waals surface area contributed by atoms with Crippen LogP contribution in [0.15, 0.2) is 24.3 Å². The molecule has 0 aliphatic heterocycles. The zero-order valence-electron chi connectivity index (χ0n) is 7.16. The summed E-state index contributed by atoms with van der Waals surface area (Å²) in [5.41, 5.74) is 0.520. The number of hydrogen-bond acceptors (Lipinski definition) is 2. The lowest BCUT2D eigenvalue weighted by Gasteiger charge is -2.02. The lowest BCUT2D eigenvalue weighted by Crippen LogP contribution is -2.25. The molecular formula is C10H11NO2. The standard InChI is InChI=1S/C10H11NO2/c12-9-3-1-2-7(6-9)10(13)11-8-4-5-8/h1-3,6,8,12H,4-5H2,(H,11,13). The van der Waals surface area contributed by atoms with E-state index in [4.69, 9.17) is 5.11 Å². The van der Waals surface area contributed by atoms with Crippen LogP contribution in [-0.4, -0.2) is 17.1 Å². The molecule has 3 nitrogen and oxygen atoms in total. The molecule has 1 amide bonds. The molecule has 0 spiro atoms. The summed E-state index contributed by atoms with van der Waals surface area (Å²) in [6.07, 6.45) is 2.15. The van der Waals surface area contributed by atoms with Gasteiger partial charge in [-0.05, 0) is 31.0 Å². The number of carbonyl (C=O) groups is 1. The minimum absolute atomic E-state index is 0.0987. The average Bonchev–Trinajstić information content (AvgIpc) is 2.88. The molecule has 0 unspecified atom stereocenters. The first kappa shape index (κ1) is 8.10. The maximum atomic E-state index is 11.4. The summed E-state index contributed by atoms with van der Waals surface area (Å²) < 4.78 is 0. The predicted molar refractivity (Wildman–Crippen MR) is 48.6 cm³/mol. The van der Waals surface area contributed by atoms with E-state index in [0.29, 0.717) is 11.6 Å². The first-order chi connectivity index (χ1) is 6.25. The van der Waals surface area contributed by atoms with Crippen molar-refractivity contribution in [2.75, 3.05) is 0 Å². The van der Waals surface area contributed by atoms with Crippen LogP contribution in [0.1, 0.15) is 23.2 Å². The fourth-order valence-corrected chi connectivity index (χ4v) is 1.14. The van der Waals surface area contributed by atoms with E-state index in [0.717, 1.165) is 12.8 Å². The summed E-state index contributed by atoms with van der Waals surface area (Å²) in [5.74, 6) is 0.0295. The van der Waals surface area contributed by atoms with Crippen LogP contribution < -0.4 is 5.32 Å². The highest BCUT2D eigenvalue weighted by atomic mass is 16.3. The van der Waals surface area contributed by atoms with Crippen molar-refractivity contribution in [3.8, 4) is 5.75 Å². The Morgan fingerprint density at radius 2 is 2.23 bits per heavy atom. The number of carbonyl (C=O) groups excluding carboxylic acids is 1. The fraction of sp³-hybridized carbons (Fsp3) is 0.300. The van der Waals surface area contributed by atoms with Gasteiger partial charge in [-0.3, -0.25) is 4.79 Å². The molecule has 3 heteroatoms. The van der Waals surface area contributed by atoms with E-state index in [1.807, 2.05) is 0 Å². The van der Waals surface area contributed by atoms with Gasteiger partial charge in [-0.1, -0.05) is 6.07 Å². The van der Waals surface area contributed by atoms with E-state index in [1.54, 1.807) is 18.2 Å². The van der Waals surface area contributed by atoms with E-state index >= 15 is 0 Å². The van der Waals surface area contributed by atoms with Gasteiger partial charge in [0.25, 0.3) is 5.91 Å². The van der Waals surface area contributed by atoms with Crippen molar-refractivity contribution in [1.82, 2.24) is 5.32 Å². The maximum Gasteiger partial charge on any atom is 0.251 e. The minimum atomic E-state index is -0.0987. The van der Waals surface area contributed by atoms with E-state index in [1.165, 1.54) is 6.07 Å². The normalized spacial score (nSPS) is 15.4. The van der Waals surface area contributed by atoms with Crippen LogP contribution in [0.3, 0.4) is 0 Å². The van der Waals surface area contributed by atoms with Crippen LogP contribution in [0.2, 0.25) is 0 Å². The number of hydrogen-bond donors (Lipinski definition) is 2. The molecule has 0 aromatic heterocycles. The van der Waals surface area contributed by atoms with E-state index < -0.39 is 0 Å². The topological polar surface area (TPSA) is 49.3 Å². The monoisotopic (exact) mass is 177 g/mol. The molecule has 0 heterocycles. The Hall–Kier alpha value is -1.51. The highest BCUT2D eigenvalue weighted by molar-refractivity contribution is 5.94. The van der Waals surface area contributed by atoms with Crippen molar-refractivity contribution in [3.05, 3.63) is 29.8 Å². The summed E-state index contributed by atoms with van der Waals surface area (Å²) in [6.45, 7) is 0. The van der Waals surface area contributed by atoms with Crippen LogP contribution in [0, 0.1) is 0 Å². The largest absolute Gasteiger partial charge is 0.508 e. The van der Waals surface area contributed by atoms with Gasteiger partial charge in [-0.15, -0.1) is 0 Å². The van der Waals surface area contributed by atoms with E-state index in [-0.39, 0.29) is 11.7 Å². The quantitative estimate of drug-likeness (QED) is 0.715. The van der Waals surface area contributed by atoms with Crippen molar-refractivity contribution in [2.45, 2.75) is 18.9 Å². The van der Waals surface area contributed by atoms with Crippen LogP contribution in [-0.2, 0) is 0 Å². The van der Waals surface area contributed by atoms with Crippen molar-refractivity contribution in [3.63, 3.8) is 0 Å². The Balaban J connectivity index is 2.09. The molecule has 2 rings (SSSR count). The summed E-state index contributed by atoms with van der Waals surface area (Å²) in [6, 6.07) is 6.73. The third-order valence-electron chi connectivity index (χ3n) is 2.02. The van der Waals surface area contributed by atoms with Gasteiger partial charge in [0.2, 0.25) is 0 Å². The predicted octanol–water partition coefficient (Wildman–Crippen LogP) is 1.28. The average molecular weight is 177 g/mol. The van der Waals surface area contributed by atoms with Gasteiger partial charge in [0.15, 0.2) is 0 Å². The number of phenols is 1. The van der Waals surface area contributed by atoms with Crippen molar-refractivity contribution < 1.29 is 9.90 Å². The second-order valence-corrected chi connectivity index (χ2v) is 3.30. The molecule has 13 heavy (non-hydrogen) atoms. The van der Waals surface area contributed by atoms with Gasteiger partial charge in [0.1, 0.15) is 5.75 Å². The Labute approximate surface area is 76.4 Å². The molecule has 1 aromatic carbocycles. The Bertz CT molecular complexity index is 331. The summed E-state index contributed by atoms with van der Waals surface area (Å²) in [4.78, 5) is 11.4. The molecule has 1 aromatic rings. The number of amides is 1. The maximum absolute atomic E-state index is 11.4. The highest BCUT2D eigenvalue weighted by Gasteiger charge is 2.23. The first-order valence-electron chi connectivity index (χ1n) is 4.35. The van der Waals surface area contributed by atoms with Crippen LogP contribution in [0.4, 0.5) is 0 Å². The van der Waals surface area contributed by atoms with Crippen molar-refractivity contribution in [1.29, 1.82) is 0 Å².